The number of amides is 1. The summed E-state index contributed by atoms with van der Waals surface area (Å²) < 4.78 is 5.86. The van der Waals surface area contributed by atoms with Crippen LogP contribution in [-0.4, -0.2) is 34.9 Å². The number of carbonyl (C=O) groups is 1. The summed E-state index contributed by atoms with van der Waals surface area (Å²) in [7, 11) is 0. The normalized spacial score (nSPS) is 19.0. The van der Waals surface area contributed by atoms with Crippen LogP contribution in [0, 0.1) is 12.8 Å². The summed E-state index contributed by atoms with van der Waals surface area (Å²) in [6.07, 6.45) is 2.93. The lowest BCUT2D eigenvalue weighted by molar-refractivity contribution is -0.127. The van der Waals surface area contributed by atoms with E-state index in [1.54, 1.807) is 0 Å². The number of hydrogen-bond donors (Lipinski definition) is 1. The Bertz CT molecular complexity index is 772. The first-order valence-electron chi connectivity index (χ1n) is 9.71. The number of oxazole rings is 1. The second-order valence-corrected chi connectivity index (χ2v) is 7.86. The molecule has 0 unspecified atom stereocenters. The molecule has 2 aromatic rings. The molecule has 1 fully saturated rings. The van der Waals surface area contributed by atoms with Crippen molar-refractivity contribution in [2.75, 3.05) is 13.1 Å². The van der Waals surface area contributed by atoms with Crippen LogP contribution in [0.1, 0.15) is 44.6 Å². The Balaban J connectivity index is 1.64. The first kappa shape index (κ1) is 19.9. The Labute approximate surface area is 166 Å². The highest BCUT2D eigenvalue weighted by atomic mass is 35.5. The average Bonchev–Trinajstić information content (AvgIpc) is 3.02. The third kappa shape index (κ3) is 5.11. The van der Waals surface area contributed by atoms with E-state index >= 15 is 0 Å². The fourth-order valence-electron chi connectivity index (χ4n) is 3.38. The summed E-state index contributed by atoms with van der Waals surface area (Å²) in [6, 6.07) is 7.72. The van der Waals surface area contributed by atoms with Gasteiger partial charge >= 0.3 is 0 Å². The standard InChI is InChI=1S/C21H28ClN3O2/c1-4-14(2)23-20(26)17-6-5-11-25(12-17)13-19-15(3)27-21(24-19)16-7-9-18(22)10-8-16/h7-10,14,17H,4-6,11-13H2,1-3H3,(H,23,26)/t14-,17+/m1/s1. The molecular weight excluding hydrogens is 362 g/mol. The van der Waals surface area contributed by atoms with E-state index in [1.807, 2.05) is 31.2 Å². The average molecular weight is 390 g/mol. The molecule has 1 amide bonds. The first-order valence-corrected chi connectivity index (χ1v) is 10.1. The lowest BCUT2D eigenvalue weighted by atomic mass is 9.96. The molecule has 0 bridgehead atoms. The van der Waals surface area contributed by atoms with Crippen LogP contribution in [0.25, 0.3) is 11.5 Å². The molecule has 3 rings (SSSR count). The van der Waals surface area contributed by atoms with Crippen molar-refractivity contribution >= 4 is 17.5 Å². The Morgan fingerprint density at radius 2 is 2.15 bits per heavy atom. The minimum Gasteiger partial charge on any atom is -0.441 e. The van der Waals surface area contributed by atoms with Crippen LogP contribution in [0.3, 0.4) is 0 Å². The Hall–Kier alpha value is -1.85. The molecule has 2 atom stereocenters. The van der Waals surface area contributed by atoms with Gasteiger partial charge in [-0.05, 0) is 63.9 Å². The Morgan fingerprint density at radius 1 is 1.41 bits per heavy atom. The maximum atomic E-state index is 12.5. The van der Waals surface area contributed by atoms with Crippen molar-refractivity contribution in [3.8, 4) is 11.5 Å². The van der Waals surface area contributed by atoms with Gasteiger partial charge in [0.05, 0.1) is 11.6 Å². The number of hydrogen-bond acceptors (Lipinski definition) is 4. The van der Waals surface area contributed by atoms with E-state index in [4.69, 9.17) is 16.0 Å². The van der Waals surface area contributed by atoms with Gasteiger partial charge in [0.2, 0.25) is 11.8 Å². The summed E-state index contributed by atoms with van der Waals surface area (Å²) >= 11 is 5.95. The van der Waals surface area contributed by atoms with Gasteiger partial charge < -0.3 is 9.73 Å². The minimum absolute atomic E-state index is 0.0516. The predicted molar refractivity (Wildman–Crippen MR) is 108 cm³/mol. The molecule has 0 spiro atoms. The molecule has 1 saturated heterocycles. The fraction of sp³-hybridized carbons (Fsp3) is 0.524. The molecule has 6 heteroatoms. The molecule has 0 aliphatic carbocycles. The van der Waals surface area contributed by atoms with E-state index in [0.717, 1.165) is 49.4 Å². The SMILES string of the molecule is CC[C@@H](C)NC(=O)[C@H]1CCCN(Cc2nc(-c3ccc(Cl)cc3)oc2C)C1. The summed E-state index contributed by atoms with van der Waals surface area (Å²) in [4.78, 5) is 19.5. The maximum Gasteiger partial charge on any atom is 0.226 e. The zero-order chi connectivity index (χ0) is 19.4. The van der Waals surface area contributed by atoms with Crippen molar-refractivity contribution in [2.24, 2.45) is 5.92 Å². The highest BCUT2D eigenvalue weighted by molar-refractivity contribution is 6.30. The van der Waals surface area contributed by atoms with Gasteiger partial charge in [0, 0.05) is 29.7 Å². The number of carbonyl (C=O) groups excluding carboxylic acids is 1. The molecule has 0 radical (unpaired) electrons. The summed E-state index contributed by atoms with van der Waals surface area (Å²) in [5, 5.41) is 3.81. The molecule has 1 aromatic carbocycles. The zero-order valence-electron chi connectivity index (χ0n) is 16.3. The summed E-state index contributed by atoms with van der Waals surface area (Å²) in [6.45, 7) is 8.54. The van der Waals surface area contributed by atoms with Crippen LogP contribution in [-0.2, 0) is 11.3 Å². The predicted octanol–water partition coefficient (Wildman–Crippen LogP) is 4.43. The van der Waals surface area contributed by atoms with Crippen molar-refractivity contribution in [1.82, 2.24) is 15.2 Å². The smallest absolute Gasteiger partial charge is 0.226 e. The number of likely N-dealkylation sites (tertiary alicyclic amines) is 1. The molecule has 1 aliphatic heterocycles. The maximum absolute atomic E-state index is 12.5. The van der Waals surface area contributed by atoms with Gasteiger partial charge in [-0.25, -0.2) is 4.98 Å². The zero-order valence-corrected chi connectivity index (χ0v) is 17.1. The molecule has 0 saturated carbocycles. The topological polar surface area (TPSA) is 58.4 Å². The van der Waals surface area contributed by atoms with Crippen LogP contribution in [0.5, 0.6) is 0 Å². The number of nitrogens with zero attached hydrogens (tertiary/aromatic N) is 2. The Kier molecular flexibility index (Phi) is 6.55. The van der Waals surface area contributed by atoms with Crippen molar-refractivity contribution < 1.29 is 9.21 Å². The van der Waals surface area contributed by atoms with Crippen molar-refractivity contribution in [2.45, 2.75) is 52.6 Å². The van der Waals surface area contributed by atoms with Crippen LogP contribution in [0.4, 0.5) is 0 Å². The van der Waals surface area contributed by atoms with Crippen LogP contribution >= 0.6 is 11.6 Å². The van der Waals surface area contributed by atoms with E-state index in [2.05, 4.69) is 29.0 Å². The number of aromatic nitrogens is 1. The van der Waals surface area contributed by atoms with Crippen LogP contribution < -0.4 is 5.32 Å². The van der Waals surface area contributed by atoms with Gasteiger partial charge in [-0.15, -0.1) is 0 Å². The highest BCUT2D eigenvalue weighted by Crippen LogP contribution is 2.25. The van der Waals surface area contributed by atoms with Crippen molar-refractivity contribution in [3.05, 3.63) is 40.7 Å². The van der Waals surface area contributed by atoms with Gasteiger partial charge in [0.25, 0.3) is 0 Å². The molecule has 1 N–H and O–H groups in total. The highest BCUT2D eigenvalue weighted by Gasteiger charge is 2.27. The molecular formula is C21H28ClN3O2. The quantitative estimate of drug-likeness (QED) is 0.793. The molecule has 1 aromatic heterocycles. The van der Waals surface area contributed by atoms with Gasteiger partial charge in [0.15, 0.2) is 0 Å². The number of benzene rings is 1. The molecule has 27 heavy (non-hydrogen) atoms. The number of piperidine rings is 1. The van der Waals surface area contributed by atoms with Gasteiger partial charge in [-0.2, -0.15) is 0 Å². The fourth-order valence-corrected chi connectivity index (χ4v) is 3.50. The monoisotopic (exact) mass is 389 g/mol. The minimum atomic E-state index is 0.0516. The van der Waals surface area contributed by atoms with Crippen molar-refractivity contribution in [3.63, 3.8) is 0 Å². The van der Waals surface area contributed by atoms with Gasteiger partial charge in [-0.3, -0.25) is 9.69 Å². The van der Waals surface area contributed by atoms with Crippen molar-refractivity contribution in [1.29, 1.82) is 0 Å². The van der Waals surface area contributed by atoms with E-state index in [1.165, 1.54) is 0 Å². The molecule has 146 valence electrons. The van der Waals surface area contributed by atoms with Crippen LogP contribution in [0.2, 0.25) is 5.02 Å². The van der Waals surface area contributed by atoms with E-state index in [0.29, 0.717) is 17.5 Å². The third-order valence-electron chi connectivity index (χ3n) is 5.23. The number of nitrogens with one attached hydrogen (secondary N) is 1. The molecule has 2 heterocycles. The second-order valence-electron chi connectivity index (χ2n) is 7.42. The second kappa shape index (κ2) is 8.89. The largest absolute Gasteiger partial charge is 0.441 e. The first-order chi connectivity index (χ1) is 13.0. The van der Waals surface area contributed by atoms with E-state index in [-0.39, 0.29) is 17.9 Å². The van der Waals surface area contributed by atoms with Gasteiger partial charge in [0.1, 0.15) is 5.76 Å². The summed E-state index contributed by atoms with van der Waals surface area (Å²) in [5.74, 6) is 1.66. The van der Waals surface area contributed by atoms with E-state index in [9.17, 15) is 4.79 Å². The molecule has 5 nitrogen and oxygen atoms in total. The van der Waals surface area contributed by atoms with Crippen LogP contribution in [0.15, 0.2) is 28.7 Å². The lowest BCUT2D eigenvalue weighted by Gasteiger charge is -2.32. The van der Waals surface area contributed by atoms with E-state index < -0.39 is 0 Å². The lowest BCUT2D eigenvalue weighted by Crippen LogP contribution is -2.45. The third-order valence-corrected chi connectivity index (χ3v) is 5.49. The molecule has 1 aliphatic rings. The number of aryl methyl sites for hydroxylation is 1. The number of halogens is 1. The number of rotatable bonds is 6. The van der Waals surface area contributed by atoms with Gasteiger partial charge in [-0.1, -0.05) is 18.5 Å². The Morgan fingerprint density at radius 3 is 2.85 bits per heavy atom. The summed E-state index contributed by atoms with van der Waals surface area (Å²) in [5.41, 5.74) is 1.85.